The number of hydrogen-bond acceptors (Lipinski definition) is 6. The smallest absolute Gasteiger partial charge is 0.162 e. The Kier molecular flexibility index (Phi) is 5.68. The molecule has 0 radical (unpaired) electrons. The molecule has 1 aliphatic heterocycles. The number of Topliss-reactive ketones (excluding diaryl/α,β-unsaturated/α-hetero) is 1. The average Bonchev–Trinajstić information content (AvgIpc) is 3.08. The molecule has 1 atom stereocenters. The summed E-state index contributed by atoms with van der Waals surface area (Å²) in [5.41, 5.74) is 7.54. The first-order chi connectivity index (χ1) is 15.1. The second-order valence-electron chi connectivity index (χ2n) is 8.85. The number of carbonyl (C=O) groups is 1. The molecule has 2 aromatic rings. The highest BCUT2D eigenvalue weighted by atomic mass is 32.2. The van der Waals surface area contributed by atoms with Crippen molar-refractivity contribution in [3.05, 3.63) is 69.0 Å². The lowest BCUT2D eigenvalue weighted by molar-refractivity contribution is -0.118. The Labute approximate surface area is 194 Å². The Morgan fingerprint density at radius 1 is 1.28 bits per heavy atom. The quantitative estimate of drug-likeness (QED) is 0.556. The molecule has 0 saturated carbocycles. The van der Waals surface area contributed by atoms with Crippen molar-refractivity contribution in [1.82, 2.24) is 0 Å². The summed E-state index contributed by atoms with van der Waals surface area (Å²) in [5, 5.41) is 10.1. The van der Waals surface area contributed by atoms with E-state index in [1.165, 1.54) is 11.0 Å². The number of rotatable bonds is 3. The maximum absolute atomic E-state index is 14.9. The van der Waals surface area contributed by atoms with Gasteiger partial charge in [-0.1, -0.05) is 19.9 Å². The second-order valence-corrected chi connectivity index (χ2v) is 11.2. The van der Waals surface area contributed by atoms with Crippen LogP contribution in [-0.2, 0) is 4.79 Å². The molecular formula is C24H23F2N3OS2. The molecule has 2 aliphatic rings. The number of hydrogen-bond donors (Lipinski definition) is 1. The monoisotopic (exact) mass is 471 g/mol. The van der Waals surface area contributed by atoms with Crippen LogP contribution in [0.3, 0.4) is 0 Å². The van der Waals surface area contributed by atoms with Crippen molar-refractivity contribution >= 4 is 34.6 Å². The molecule has 2 heterocycles. The molecule has 4 rings (SSSR count). The van der Waals surface area contributed by atoms with Gasteiger partial charge in [0.15, 0.2) is 5.78 Å². The van der Waals surface area contributed by atoms with Crippen molar-refractivity contribution in [3.8, 4) is 6.07 Å². The van der Waals surface area contributed by atoms with Gasteiger partial charge in [0.05, 0.1) is 21.8 Å². The predicted octanol–water partition coefficient (Wildman–Crippen LogP) is 6.00. The third-order valence-electron chi connectivity index (χ3n) is 5.89. The van der Waals surface area contributed by atoms with Crippen molar-refractivity contribution in [2.45, 2.75) is 43.7 Å². The zero-order valence-corrected chi connectivity index (χ0v) is 19.9. The Bertz CT molecular complexity index is 1220. The van der Waals surface area contributed by atoms with Crippen LogP contribution in [0.2, 0.25) is 0 Å². The van der Waals surface area contributed by atoms with E-state index in [1.807, 2.05) is 33.1 Å². The maximum Gasteiger partial charge on any atom is 0.162 e. The first-order valence-electron chi connectivity index (χ1n) is 10.1. The lowest BCUT2D eigenvalue weighted by atomic mass is 9.69. The van der Waals surface area contributed by atoms with Gasteiger partial charge in [-0.2, -0.15) is 5.26 Å². The molecule has 32 heavy (non-hydrogen) atoms. The van der Waals surface area contributed by atoms with E-state index >= 15 is 0 Å². The van der Waals surface area contributed by atoms with Gasteiger partial charge >= 0.3 is 0 Å². The van der Waals surface area contributed by atoms with Crippen molar-refractivity contribution in [3.63, 3.8) is 0 Å². The zero-order valence-electron chi connectivity index (χ0n) is 18.3. The standard InChI is InChI=1S/C24H23F2N3OS2/c1-12-8-13(23(31-4)32-12)19-14(11-27)22(28)29(21-15(25)6-5-7-16(21)26)17-9-24(2,3)10-18(30)20(17)19/h5-8,19H,9-10,28H2,1-4H3/t19-/m0/s1. The van der Waals surface area contributed by atoms with E-state index < -0.39 is 23.0 Å². The summed E-state index contributed by atoms with van der Waals surface area (Å²) in [6, 6.07) is 7.70. The molecule has 166 valence electrons. The minimum absolute atomic E-state index is 0.0401. The van der Waals surface area contributed by atoms with Gasteiger partial charge in [0, 0.05) is 22.6 Å². The van der Waals surface area contributed by atoms with Crippen LogP contribution in [0.1, 0.15) is 43.0 Å². The number of para-hydroxylation sites is 1. The molecule has 4 nitrogen and oxygen atoms in total. The highest BCUT2D eigenvalue weighted by Crippen LogP contribution is 2.52. The summed E-state index contributed by atoms with van der Waals surface area (Å²) in [6.07, 6.45) is 2.63. The molecule has 2 N–H and O–H groups in total. The van der Waals surface area contributed by atoms with Gasteiger partial charge in [-0.15, -0.1) is 23.1 Å². The lowest BCUT2D eigenvalue weighted by Crippen LogP contribution is -2.42. The Hall–Kier alpha value is -2.63. The van der Waals surface area contributed by atoms with Crippen LogP contribution in [0.25, 0.3) is 0 Å². The number of halogens is 2. The van der Waals surface area contributed by atoms with E-state index in [-0.39, 0.29) is 29.3 Å². The molecule has 1 aromatic heterocycles. The SMILES string of the molecule is CSc1sc(C)cc1[C@H]1C(C#N)=C(N)N(c2c(F)cccc2F)C2=C1C(=O)CC(C)(C)C2. The van der Waals surface area contributed by atoms with Gasteiger partial charge in [0.25, 0.3) is 0 Å². The van der Waals surface area contributed by atoms with E-state index in [0.717, 1.165) is 26.8 Å². The molecule has 0 unspecified atom stereocenters. The number of nitriles is 1. The largest absolute Gasteiger partial charge is 0.384 e. The molecule has 0 fully saturated rings. The molecule has 8 heteroatoms. The molecule has 1 aromatic carbocycles. The lowest BCUT2D eigenvalue weighted by Gasteiger charge is -2.43. The summed E-state index contributed by atoms with van der Waals surface area (Å²) in [7, 11) is 0. The van der Waals surface area contributed by atoms with Crippen LogP contribution in [0.5, 0.6) is 0 Å². The van der Waals surface area contributed by atoms with Gasteiger partial charge in [-0.25, -0.2) is 8.78 Å². The highest BCUT2D eigenvalue weighted by molar-refractivity contribution is 8.00. The second kappa shape index (κ2) is 8.05. The normalized spacial score (nSPS) is 20.5. The average molecular weight is 472 g/mol. The highest BCUT2D eigenvalue weighted by Gasteiger charge is 2.46. The third-order valence-corrected chi connectivity index (χ3v) is 8.10. The summed E-state index contributed by atoms with van der Waals surface area (Å²) in [4.78, 5) is 15.8. The predicted molar refractivity (Wildman–Crippen MR) is 124 cm³/mol. The maximum atomic E-state index is 14.9. The van der Waals surface area contributed by atoms with Gasteiger partial charge in [0.1, 0.15) is 23.1 Å². The molecule has 0 amide bonds. The number of allylic oxidation sites excluding steroid dienone is 3. The summed E-state index contributed by atoms with van der Waals surface area (Å²) < 4.78 is 30.7. The van der Waals surface area contributed by atoms with Crippen molar-refractivity contribution in [1.29, 1.82) is 5.26 Å². The van der Waals surface area contributed by atoms with Crippen molar-refractivity contribution < 1.29 is 13.6 Å². The summed E-state index contributed by atoms with van der Waals surface area (Å²) in [5.74, 6) is -2.43. The van der Waals surface area contributed by atoms with Gasteiger partial charge in [-0.3, -0.25) is 9.69 Å². The fourth-order valence-corrected chi connectivity index (χ4v) is 6.56. The van der Waals surface area contributed by atoms with Crippen molar-refractivity contribution in [2.24, 2.45) is 11.1 Å². The van der Waals surface area contributed by atoms with Crippen LogP contribution in [0.15, 0.2) is 51.1 Å². The van der Waals surface area contributed by atoms with E-state index in [4.69, 9.17) is 5.73 Å². The van der Waals surface area contributed by atoms with E-state index in [1.54, 1.807) is 23.1 Å². The van der Waals surface area contributed by atoms with Crippen molar-refractivity contribution in [2.75, 3.05) is 11.2 Å². The molecule has 1 aliphatic carbocycles. The van der Waals surface area contributed by atoms with Crippen LogP contribution in [0.4, 0.5) is 14.5 Å². The third kappa shape index (κ3) is 3.54. The minimum atomic E-state index is -0.803. The first kappa shape index (κ1) is 22.6. The number of nitrogens with zero attached hydrogens (tertiary/aromatic N) is 2. The number of aryl methyl sites for hydroxylation is 1. The minimum Gasteiger partial charge on any atom is -0.384 e. The number of nitrogens with two attached hydrogens (primary N) is 1. The molecule has 0 spiro atoms. The fourth-order valence-electron chi connectivity index (χ4n) is 4.65. The Morgan fingerprint density at radius 2 is 1.94 bits per heavy atom. The molecular weight excluding hydrogens is 448 g/mol. The topological polar surface area (TPSA) is 70.1 Å². The van der Waals surface area contributed by atoms with E-state index in [0.29, 0.717) is 17.7 Å². The Balaban J connectivity index is 2.07. The van der Waals surface area contributed by atoms with E-state index in [2.05, 4.69) is 6.07 Å². The zero-order chi connectivity index (χ0) is 23.4. The number of ketones is 1. The fraction of sp³-hybridized carbons (Fsp3) is 0.333. The molecule has 0 bridgehead atoms. The summed E-state index contributed by atoms with van der Waals surface area (Å²) in [6.45, 7) is 5.86. The van der Waals surface area contributed by atoms with Gasteiger partial charge in [0.2, 0.25) is 0 Å². The number of benzene rings is 1. The van der Waals surface area contributed by atoms with Crippen LogP contribution in [-0.4, -0.2) is 12.0 Å². The van der Waals surface area contributed by atoms with Gasteiger partial charge in [-0.05, 0) is 48.8 Å². The molecule has 0 saturated heterocycles. The van der Waals surface area contributed by atoms with E-state index in [9.17, 15) is 18.8 Å². The number of anilines is 1. The Morgan fingerprint density at radius 3 is 2.53 bits per heavy atom. The first-order valence-corrected chi connectivity index (χ1v) is 12.2. The van der Waals surface area contributed by atoms with Crippen LogP contribution >= 0.6 is 23.1 Å². The van der Waals surface area contributed by atoms with Crippen LogP contribution in [0, 0.1) is 35.3 Å². The number of thiophene rings is 1. The van der Waals surface area contributed by atoms with Crippen LogP contribution < -0.4 is 10.6 Å². The van der Waals surface area contributed by atoms with Gasteiger partial charge < -0.3 is 5.73 Å². The summed E-state index contributed by atoms with van der Waals surface area (Å²) >= 11 is 3.13. The number of carbonyl (C=O) groups excluding carboxylic acids is 1. The number of thioether (sulfide) groups is 1.